The molecule has 1 aromatic carbocycles. The molecule has 0 atom stereocenters. The minimum absolute atomic E-state index is 0.421. The summed E-state index contributed by atoms with van der Waals surface area (Å²) in [5, 5.41) is 0. The fourth-order valence-electron chi connectivity index (χ4n) is 1.83. The third-order valence-electron chi connectivity index (χ3n) is 2.91. The van der Waals surface area contributed by atoms with E-state index in [4.69, 9.17) is 22.7 Å². The largest absolute Gasteiger partial charge is 0.493 e. The van der Waals surface area contributed by atoms with E-state index in [-0.39, 0.29) is 0 Å². The van der Waals surface area contributed by atoms with Gasteiger partial charge in [-0.1, -0.05) is 12.2 Å². The number of ether oxygens (including phenoxy) is 1. The highest BCUT2D eigenvalue weighted by Gasteiger charge is 2.05. The van der Waals surface area contributed by atoms with E-state index in [0.717, 1.165) is 29.0 Å². The number of hydrogen-bond acceptors (Lipinski definition) is 4. The normalized spacial score (nSPS) is 10.4. The maximum absolute atomic E-state index is 5.74. The predicted octanol–water partition coefficient (Wildman–Crippen LogP) is 3.02. The molecule has 0 saturated heterocycles. The Balaban J connectivity index is 1.95. The zero-order valence-electron chi connectivity index (χ0n) is 11.0. The molecule has 19 heavy (non-hydrogen) atoms. The maximum Gasteiger partial charge on any atom is 0.119 e. The molecule has 0 saturated carbocycles. The molecule has 0 fully saturated rings. The van der Waals surface area contributed by atoms with Gasteiger partial charge in [0.2, 0.25) is 0 Å². The van der Waals surface area contributed by atoms with Crippen molar-refractivity contribution in [1.29, 1.82) is 0 Å². The van der Waals surface area contributed by atoms with E-state index in [1.54, 1.807) is 11.3 Å². The van der Waals surface area contributed by atoms with Gasteiger partial charge >= 0.3 is 0 Å². The number of nitrogens with zero attached hydrogens (tertiary/aromatic N) is 1. The van der Waals surface area contributed by atoms with Crippen molar-refractivity contribution in [3.05, 3.63) is 45.4 Å². The number of thiocarbonyl (C=S) groups is 1. The summed E-state index contributed by atoms with van der Waals surface area (Å²) in [6.07, 6.45) is 0.882. The first kappa shape index (κ1) is 14.0. The van der Waals surface area contributed by atoms with Gasteiger partial charge in [0.25, 0.3) is 0 Å². The molecule has 0 amide bonds. The van der Waals surface area contributed by atoms with Gasteiger partial charge in [-0.05, 0) is 37.6 Å². The van der Waals surface area contributed by atoms with Crippen LogP contribution in [0.5, 0.6) is 5.75 Å². The van der Waals surface area contributed by atoms with E-state index in [9.17, 15) is 0 Å². The van der Waals surface area contributed by atoms with Gasteiger partial charge in [-0.25, -0.2) is 4.98 Å². The lowest BCUT2D eigenvalue weighted by Crippen LogP contribution is -2.11. The first-order valence-electron chi connectivity index (χ1n) is 6.00. The predicted molar refractivity (Wildman–Crippen MR) is 83.1 cm³/mol. The van der Waals surface area contributed by atoms with E-state index in [2.05, 4.69) is 4.98 Å². The lowest BCUT2D eigenvalue weighted by atomic mass is 10.1. The van der Waals surface area contributed by atoms with E-state index in [1.165, 1.54) is 4.88 Å². The van der Waals surface area contributed by atoms with Crippen LogP contribution in [0.2, 0.25) is 0 Å². The molecule has 100 valence electrons. The molecular formula is C14H16N2OS2. The molecule has 3 nitrogen and oxygen atoms in total. The van der Waals surface area contributed by atoms with Crippen molar-refractivity contribution in [2.75, 3.05) is 6.61 Å². The number of rotatable bonds is 5. The number of thiazole rings is 1. The number of aryl methyl sites for hydroxylation is 2. The summed E-state index contributed by atoms with van der Waals surface area (Å²) >= 11 is 6.65. The Morgan fingerprint density at radius 2 is 2.21 bits per heavy atom. The van der Waals surface area contributed by atoms with Crippen LogP contribution >= 0.6 is 23.6 Å². The van der Waals surface area contributed by atoms with Gasteiger partial charge in [0.05, 0.1) is 17.8 Å². The molecule has 1 heterocycles. The fraction of sp³-hybridized carbons (Fsp3) is 0.286. The second kappa shape index (κ2) is 6.12. The summed E-state index contributed by atoms with van der Waals surface area (Å²) in [5.74, 6) is 0.847. The van der Waals surface area contributed by atoms with Crippen LogP contribution in [0.3, 0.4) is 0 Å². The average Bonchev–Trinajstić information content (AvgIpc) is 2.75. The van der Waals surface area contributed by atoms with Gasteiger partial charge in [-0.15, -0.1) is 11.3 Å². The quantitative estimate of drug-likeness (QED) is 0.861. The Kier molecular flexibility index (Phi) is 4.50. The van der Waals surface area contributed by atoms with Gasteiger partial charge in [0.1, 0.15) is 10.7 Å². The van der Waals surface area contributed by atoms with Gasteiger partial charge in [0.15, 0.2) is 0 Å². The zero-order valence-corrected chi connectivity index (χ0v) is 12.6. The fourth-order valence-corrected chi connectivity index (χ4v) is 2.82. The lowest BCUT2D eigenvalue weighted by molar-refractivity contribution is 0.322. The molecule has 0 unspecified atom stereocenters. The second-order valence-corrected chi connectivity index (χ2v) is 5.68. The highest BCUT2D eigenvalue weighted by atomic mass is 32.1. The van der Waals surface area contributed by atoms with Gasteiger partial charge in [-0.3, -0.25) is 0 Å². The molecule has 5 heteroatoms. The van der Waals surface area contributed by atoms with Crippen molar-refractivity contribution in [2.24, 2.45) is 5.73 Å². The molecule has 0 aliphatic heterocycles. The van der Waals surface area contributed by atoms with Crippen molar-refractivity contribution >= 4 is 28.5 Å². The van der Waals surface area contributed by atoms with Crippen molar-refractivity contribution in [3.8, 4) is 5.75 Å². The molecule has 0 radical (unpaired) electrons. The third-order valence-corrected chi connectivity index (χ3v) is 4.12. The average molecular weight is 292 g/mol. The van der Waals surface area contributed by atoms with Gasteiger partial charge in [0, 0.05) is 16.9 Å². The van der Waals surface area contributed by atoms with E-state index in [0.29, 0.717) is 11.6 Å². The summed E-state index contributed by atoms with van der Waals surface area (Å²) in [5.41, 5.74) is 10.5. The van der Waals surface area contributed by atoms with Crippen LogP contribution in [0.1, 0.15) is 21.7 Å². The Labute approximate surface area is 122 Å². The number of hydrogen-bond donors (Lipinski definition) is 1. The van der Waals surface area contributed by atoms with Crippen LogP contribution in [-0.4, -0.2) is 16.6 Å². The summed E-state index contributed by atoms with van der Waals surface area (Å²) in [4.78, 5) is 5.92. The third kappa shape index (κ3) is 3.52. The highest BCUT2D eigenvalue weighted by molar-refractivity contribution is 7.80. The highest BCUT2D eigenvalue weighted by Crippen LogP contribution is 2.18. The summed E-state index contributed by atoms with van der Waals surface area (Å²) < 4.78 is 5.74. The van der Waals surface area contributed by atoms with Crippen LogP contribution in [0, 0.1) is 13.8 Å². The summed E-state index contributed by atoms with van der Waals surface area (Å²) in [6, 6.07) is 5.78. The molecule has 2 aromatic rings. The monoisotopic (exact) mass is 292 g/mol. The molecule has 2 N–H and O–H groups in total. The van der Waals surface area contributed by atoms with Crippen LogP contribution < -0.4 is 10.5 Å². The number of nitrogens with two attached hydrogens (primary N) is 1. The molecule has 0 aliphatic carbocycles. The maximum atomic E-state index is 5.74. The Morgan fingerprint density at radius 1 is 1.42 bits per heavy atom. The number of benzene rings is 1. The molecule has 0 aliphatic rings. The van der Waals surface area contributed by atoms with Crippen molar-refractivity contribution in [2.45, 2.75) is 20.3 Å². The van der Waals surface area contributed by atoms with Crippen LogP contribution in [0.4, 0.5) is 0 Å². The van der Waals surface area contributed by atoms with Gasteiger partial charge in [-0.2, -0.15) is 0 Å². The molecular weight excluding hydrogens is 276 g/mol. The van der Waals surface area contributed by atoms with Crippen LogP contribution in [0.15, 0.2) is 23.7 Å². The van der Waals surface area contributed by atoms with Crippen molar-refractivity contribution < 1.29 is 4.74 Å². The molecule has 1 aromatic heterocycles. The first-order chi connectivity index (χ1) is 9.08. The number of aromatic nitrogens is 1. The topological polar surface area (TPSA) is 48.1 Å². The minimum Gasteiger partial charge on any atom is -0.493 e. The SMILES string of the molecule is Cc1cc(OCCc2scnc2C)ccc1C(N)=S. The molecule has 0 spiro atoms. The first-order valence-corrected chi connectivity index (χ1v) is 7.29. The lowest BCUT2D eigenvalue weighted by Gasteiger charge is -2.09. The molecule has 2 rings (SSSR count). The zero-order chi connectivity index (χ0) is 13.8. The summed E-state index contributed by atoms with van der Waals surface area (Å²) in [7, 11) is 0. The Hall–Kier alpha value is -1.46. The van der Waals surface area contributed by atoms with Crippen LogP contribution in [0.25, 0.3) is 0 Å². The summed E-state index contributed by atoms with van der Waals surface area (Å²) in [6.45, 7) is 4.65. The molecule has 0 bridgehead atoms. The van der Waals surface area contributed by atoms with E-state index in [1.807, 2.05) is 37.6 Å². The second-order valence-electron chi connectivity index (χ2n) is 4.30. The Bertz CT molecular complexity index is 593. The van der Waals surface area contributed by atoms with Crippen molar-refractivity contribution in [3.63, 3.8) is 0 Å². The van der Waals surface area contributed by atoms with E-state index >= 15 is 0 Å². The van der Waals surface area contributed by atoms with Crippen molar-refractivity contribution in [1.82, 2.24) is 4.98 Å². The van der Waals surface area contributed by atoms with E-state index < -0.39 is 0 Å². The van der Waals surface area contributed by atoms with Crippen LogP contribution in [-0.2, 0) is 6.42 Å². The van der Waals surface area contributed by atoms with Gasteiger partial charge < -0.3 is 10.5 Å². The minimum atomic E-state index is 0.421. The standard InChI is InChI=1S/C14H16N2OS2/c1-9-7-11(3-4-12(9)14(15)18)17-6-5-13-10(2)16-8-19-13/h3-4,7-8H,5-6H2,1-2H3,(H2,15,18). The smallest absolute Gasteiger partial charge is 0.119 e. The Morgan fingerprint density at radius 3 is 2.79 bits per heavy atom.